The molecule has 0 aromatic heterocycles. The van der Waals surface area contributed by atoms with Gasteiger partial charge in [0.1, 0.15) is 0 Å². The Morgan fingerprint density at radius 3 is 2.44 bits per heavy atom. The van der Waals surface area contributed by atoms with Gasteiger partial charge in [-0.15, -0.1) is 0 Å². The number of rotatable bonds is 13. The Morgan fingerprint density at radius 2 is 1.92 bits per heavy atom. The highest BCUT2D eigenvalue weighted by Crippen LogP contribution is 2.42. The number of aliphatic imine (C=N–C) groups is 1. The zero-order valence-corrected chi connectivity index (χ0v) is 23.8. The Bertz CT molecular complexity index is 1070. The second kappa shape index (κ2) is 14.1. The minimum Gasteiger partial charge on any atom is -0.316 e. The van der Waals surface area contributed by atoms with E-state index in [1.54, 1.807) is 0 Å². The van der Waals surface area contributed by atoms with Crippen LogP contribution in [-0.4, -0.2) is 25.8 Å². The van der Waals surface area contributed by atoms with Crippen LogP contribution in [0.25, 0.3) is 0 Å². The van der Waals surface area contributed by atoms with Crippen LogP contribution in [0.5, 0.6) is 0 Å². The summed E-state index contributed by atoms with van der Waals surface area (Å²) in [6, 6.07) is 8.32. The van der Waals surface area contributed by atoms with Gasteiger partial charge in [0.05, 0.1) is 11.6 Å². The van der Waals surface area contributed by atoms with Gasteiger partial charge in [0.25, 0.3) is 0 Å². The molecule has 1 N–H and O–H groups in total. The molecule has 36 heavy (non-hydrogen) atoms. The number of benzene rings is 1. The SMILES string of the molecule is C=C(CCNCC(C)C)C/C(C(=C)C)=C(C(C)=NC)\C(=C/C(C)c1cc(C#N)ccc1C)C1CCC1. The molecule has 1 aliphatic carbocycles. The normalized spacial score (nSPS) is 16.3. The first-order chi connectivity index (χ1) is 17.1. The van der Waals surface area contributed by atoms with Crippen LogP contribution in [0, 0.1) is 30.1 Å². The van der Waals surface area contributed by atoms with Gasteiger partial charge >= 0.3 is 0 Å². The predicted octanol–water partition coefficient (Wildman–Crippen LogP) is 8.24. The molecule has 1 aromatic carbocycles. The largest absolute Gasteiger partial charge is 0.316 e. The summed E-state index contributed by atoms with van der Waals surface area (Å²) in [6.45, 7) is 23.9. The Morgan fingerprint density at radius 1 is 1.22 bits per heavy atom. The lowest BCUT2D eigenvalue weighted by Crippen LogP contribution is -2.22. The van der Waals surface area contributed by atoms with E-state index in [9.17, 15) is 5.26 Å². The van der Waals surface area contributed by atoms with E-state index in [1.807, 2.05) is 19.2 Å². The standard InChI is InChI=1S/C33H47N3/c1-22(2)21-36-16-15-24(5)17-30(23(3)4)33(27(8)35-9)32(29-11-10-12-29)18-26(7)31-19-28(20-34)14-13-25(31)6/h13-14,18-19,22,26,29,36H,3,5,10-12,15-17,21H2,1-2,4,6-9H3/b32-18-,33-30+,35-27?. The molecule has 0 bridgehead atoms. The van der Waals surface area contributed by atoms with Crippen molar-refractivity contribution in [3.63, 3.8) is 0 Å². The van der Waals surface area contributed by atoms with E-state index in [-0.39, 0.29) is 5.92 Å². The van der Waals surface area contributed by atoms with Crippen LogP contribution in [0.3, 0.4) is 0 Å². The van der Waals surface area contributed by atoms with Gasteiger partial charge in [-0.2, -0.15) is 5.26 Å². The van der Waals surface area contributed by atoms with Gasteiger partial charge in [0.15, 0.2) is 0 Å². The van der Waals surface area contributed by atoms with Crippen LogP contribution in [-0.2, 0) is 0 Å². The summed E-state index contributed by atoms with van der Waals surface area (Å²) in [5, 5.41) is 13.0. The molecule has 0 spiro atoms. The molecule has 3 heteroatoms. The maximum Gasteiger partial charge on any atom is 0.0991 e. The number of nitriles is 1. The van der Waals surface area contributed by atoms with Crippen molar-refractivity contribution in [1.29, 1.82) is 5.26 Å². The van der Waals surface area contributed by atoms with Crippen molar-refractivity contribution in [3.8, 4) is 6.07 Å². The van der Waals surface area contributed by atoms with Crippen molar-refractivity contribution < 1.29 is 0 Å². The maximum absolute atomic E-state index is 9.46. The molecule has 0 heterocycles. The van der Waals surface area contributed by atoms with E-state index >= 15 is 0 Å². The number of aryl methyl sites for hydroxylation is 1. The summed E-state index contributed by atoms with van der Waals surface area (Å²) < 4.78 is 0. The summed E-state index contributed by atoms with van der Waals surface area (Å²) in [6.07, 6.45) is 7.90. The number of hydrogen-bond acceptors (Lipinski definition) is 3. The first-order valence-electron chi connectivity index (χ1n) is 13.5. The monoisotopic (exact) mass is 485 g/mol. The minimum absolute atomic E-state index is 0.198. The third kappa shape index (κ3) is 8.17. The summed E-state index contributed by atoms with van der Waals surface area (Å²) >= 11 is 0. The van der Waals surface area contributed by atoms with Gasteiger partial charge in [-0.1, -0.05) is 63.6 Å². The van der Waals surface area contributed by atoms with E-state index in [4.69, 9.17) is 0 Å². The van der Waals surface area contributed by atoms with Gasteiger partial charge in [0, 0.05) is 18.3 Å². The lowest BCUT2D eigenvalue weighted by Gasteiger charge is -2.33. The smallest absolute Gasteiger partial charge is 0.0991 e. The third-order valence-electron chi connectivity index (χ3n) is 7.31. The Kier molecular flexibility index (Phi) is 11.6. The zero-order chi connectivity index (χ0) is 26.8. The highest BCUT2D eigenvalue weighted by molar-refractivity contribution is 6.03. The van der Waals surface area contributed by atoms with Crippen molar-refractivity contribution in [1.82, 2.24) is 5.32 Å². The molecule has 1 unspecified atom stereocenters. The van der Waals surface area contributed by atoms with Crippen LogP contribution >= 0.6 is 0 Å². The summed E-state index contributed by atoms with van der Waals surface area (Å²) in [5.74, 6) is 1.38. The highest BCUT2D eigenvalue weighted by atomic mass is 14.8. The van der Waals surface area contributed by atoms with E-state index in [2.05, 4.69) is 83.2 Å². The second-order valence-corrected chi connectivity index (χ2v) is 10.9. The van der Waals surface area contributed by atoms with E-state index in [0.717, 1.165) is 37.2 Å². The molecule has 194 valence electrons. The van der Waals surface area contributed by atoms with Gasteiger partial charge in [-0.05, 0) is 112 Å². The molecule has 0 radical (unpaired) electrons. The molecule has 0 amide bonds. The van der Waals surface area contributed by atoms with Crippen LogP contribution in [0.4, 0.5) is 0 Å². The molecular weight excluding hydrogens is 438 g/mol. The molecule has 0 saturated heterocycles. The fraction of sp³-hybridized carbons (Fsp3) is 0.515. The molecule has 1 fully saturated rings. The number of nitrogens with one attached hydrogen (secondary N) is 1. The predicted molar refractivity (Wildman–Crippen MR) is 157 cm³/mol. The second-order valence-electron chi connectivity index (χ2n) is 10.9. The highest BCUT2D eigenvalue weighted by Gasteiger charge is 2.28. The maximum atomic E-state index is 9.46. The molecule has 0 aliphatic heterocycles. The topological polar surface area (TPSA) is 48.2 Å². The van der Waals surface area contributed by atoms with Crippen molar-refractivity contribution >= 4 is 5.71 Å². The zero-order valence-electron chi connectivity index (χ0n) is 23.8. The average Bonchev–Trinajstić information content (AvgIpc) is 2.79. The fourth-order valence-corrected chi connectivity index (χ4v) is 4.86. The quantitative estimate of drug-likeness (QED) is 0.132. The molecular formula is C33H47N3. The molecule has 1 atom stereocenters. The number of hydrogen-bond donors (Lipinski definition) is 1. The van der Waals surface area contributed by atoms with Crippen LogP contribution in [0.2, 0.25) is 0 Å². The average molecular weight is 486 g/mol. The molecule has 1 aromatic rings. The third-order valence-corrected chi connectivity index (χ3v) is 7.31. The van der Waals surface area contributed by atoms with Crippen molar-refractivity contribution in [2.45, 2.75) is 79.6 Å². The molecule has 1 aliphatic rings. The molecule has 1 saturated carbocycles. The Labute approximate surface area is 220 Å². The van der Waals surface area contributed by atoms with Gasteiger partial charge in [-0.3, -0.25) is 4.99 Å². The number of allylic oxidation sites excluding steroid dienone is 5. The lowest BCUT2D eigenvalue weighted by molar-refractivity contribution is 0.371. The van der Waals surface area contributed by atoms with Crippen molar-refractivity contribution in [2.24, 2.45) is 16.8 Å². The van der Waals surface area contributed by atoms with E-state index in [1.165, 1.54) is 52.7 Å². The van der Waals surface area contributed by atoms with Crippen LogP contribution in [0.15, 0.2) is 70.3 Å². The van der Waals surface area contributed by atoms with Gasteiger partial charge in [-0.25, -0.2) is 0 Å². The number of nitrogens with zero attached hydrogens (tertiary/aromatic N) is 2. The van der Waals surface area contributed by atoms with E-state index in [0.29, 0.717) is 17.4 Å². The molecule has 3 nitrogen and oxygen atoms in total. The fourth-order valence-electron chi connectivity index (χ4n) is 4.86. The van der Waals surface area contributed by atoms with Crippen LogP contribution in [0.1, 0.15) is 89.3 Å². The summed E-state index contributed by atoms with van der Waals surface area (Å²) in [5.41, 5.74) is 10.4. The van der Waals surface area contributed by atoms with Crippen LogP contribution < -0.4 is 5.32 Å². The van der Waals surface area contributed by atoms with Gasteiger partial charge < -0.3 is 5.32 Å². The van der Waals surface area contributed by atoms with Crippen molar-refractivity contribution in [2.75, 3.05) is 20.1 Å². The Balaban J connectivity index is 2.52. The summed E-state index contributed by atoms with van der Waals surface area (Å²) in [7, 11) is 1.89. The van der Waals surface area contributed by atoms with E-state index < -0.39 is 0 Å². The summed E-state index contributed by atoms with van der Waals surface area (Å²) in [4.78, 5) is 4.67. The first kappa shape index (κ1) is 29.5. The molecule has 2 rings (SSSR count). The van der Waals surface area contributed by atoms with Crippen molar-refractivity contribution in [3.05, 3.63) is 82.0 Å². The first-order valence-corrected chi connectivity index (χ1v) is 13.5. The van der Waals surface area contributed by atoms with Gasteiger partial charge in [0.2, 0.25) is 0 Å². The Hall–Kier alpha value is -2.70. The lowest BCUT2D eigenvalue weighted by atomic mass is 9.72. The minimum atomic E-state index is 0.198.